The molecule has 0 saturated carbocycles. The first-order valence-corrected chi connectivity index (χ1v) is 13.0. The largest absolute Gasteiger partial charge is 0.374 e. The van der Waals surface area contributed by atoms with Crippen molar-refractivity contribution in [3.8, 4) is 11.1 Å². The number of aromatic nitrogens is 3. The summed E-state index contributed by atoms with van der Waals surface area (Å²) in [6.07, 6.45) is 3.39. The van der Waals surface area contributed by atoms with E-state index in [4.69, 9.17) is 28.2 Å². The van der Waals surface area contributed by atoms with Gasteiger partial charge in [-0.1, -0.05) is 53.5 Å². The Morgan fingerprint density at radius 2 is 1.68 bits per heavy atom. The molecule has 5 aromatic rings. The van der Waals surface area contributed by atoms with Crippen LogP contribution in [0.15, 0.2) is 85.3 Å². The predicted octanol–water partition coefficient (Wildman–Crippen LogP) is 7.07. The molecule has 0 radical (unpaired) electrons. The Hall–Kier alpha value is -3.38. The van der Waals surface area contributed by atoms with Crippen LogP contribution in [0.3, 0.4) is 0 Å². The molecular formula is C30H28Cl2N4O. The standard InChI is InChI=1S/C30H28Cl2N4O/c1-4-36(5-2)28-16-13-24-26(34-28)15-14-25(29(24)20-7-6-8-23(32)17-20)30(37,27-18-33-19-35(27)3)21-9-11-22(31)12-10-21/h6-19,37H,4-5H2,1-3H3. The third-order valence-electron chi connectivity index (χ3n) is 6.90. The van der Waals surface area contributed by atoms with Gasteiger partial charge in [0, 0.05) is 41.1 Å². The van der Waals surface area contributed by atoms with Crippen molar-refractivity contribution in [1.29, 1.82) is 0 Å². The van der Waals surface area contributed by atoms with Crippen molar-refractivity contribution in [2.45, 2.75) is 19.4 Å². The number of benzene rings is 3. The number of pyridine rings is 1. The fourth-order valence-electron chi connectivity index (χ4n) is 5.01. The number of aliphatic hydroxyl groups is 1. The lowest BCUT2D eigenvalue weighted by Crippen LogP contribution is -2.32. The van der Waals surface area contributed by atoms with Crippen molar-refractivity contribution in [2.75, 3.05) is 18.0 Å². The van der Waals surface area contributed by atoms with Crippen LogP contribution in [0.1, 0.15) is 30.7 Å². The molecule has 3 aromatic carbocycles. The maximum atomic E-state index is 12.7. The van der Waals surface area contributed by atoms with E-state index in [9.17, 15) is 5.11 Å². The second-order valence-corrected chi connectivity index (χ2v) is 9.89. The highest BCUT2D eigenvalue weighted by Crippen LogP contribution is 2.45. The zero-order chi connectivity index (χ0) is 26.2. The number of anilines is 1. The summed E-state index contributed by atoms with van der Waals surface area (Å²) in [4.78, 5) is 11.5. The Kier molecular flexibility index (Phi) is 6.95. The first kappa shape index (κ1) is 25.3. The molecule has 0 amide bonds. The molecule has 1 atom stereocenters. The van der Waals surface area contributed by atoms with Gasteiger partial charge in [-0.3, -0.25) is 0 Å². The van der Waals surface area contributed by atoms with Crippen LogP contribution >= 0.6 is 23.2 Å². The number of nitrogens with zero attached hydrogens (tertiary/aromatic N) is 4. The van der Waals surface area contributed by atoms with Crippen LogP contribution in [0.5, 0.6) is 0 Å². The highest BCUT2D eigenvalue weighted by Gasteiger charge is 2.39. The minimum atomic E-state index is -1.53. The molecule has 5 nitrogen and oxygen atoms in total. The third-order valence-corrected chi connectivity index (χ3v) is 7.38. The Bertz CT molecular complexity index is 1560. The van der Waals surface area contributed by atoms with Crippen LogP contribution in [-0.4, -0.2) is 32.7 Å². The second-order valence-electron chi connectivity index (χ2n) is 9.01. The van der Waals surface area contributed by atoms with Crippen LogP contribution in [-0.2, 0) is 12.6 Å². The Labute approximate surface area is 226 Å². The lowest BCUT2D eigenvalue weighted by atomic mass is 9.78. The molecule has 7 heteroatoms. The molecular weight excluding hydrogens is 503 g/mol. The number of aryl methyl sites for hydroxylation is 1. The van der Waals surface area contributed by atoms with Gasteiger partial charge in [-0.05, 0) is 73.0 Å². The average molecular weight is 531 g/mol. The molecule has 37 heavy (non-hydrogen) atoms. The van der Waals surface area contributed by atoms with Crippen LogP contribution in [0.25, 0.3) is 22.0 Å². The fraction of sp³-hybridized carbons (Fsp3) is 0.200. The van der Waals surface area contributed by atoms with Gasteiger partial charge in [0.15, 0.2) is 5.60 Å². The summed E-state index contributed by atoms with van der Waals surface area (Å²) in [6, 6.07) is 23.0. The number of halogens is 2. The molecule has 1 N–H and O–H groups in total. The summed E-state index contributed by atoms with van der Waals surface area (Å²) in [5.74, 6) is 0.918. The molecule has 0 aliphatic rings. The smallest absolute Gasteiger partial charge is 0.157 e. The van der Waals surface area contributed by atoms with Gasteiger partial charge in [-0.15, -0.1) is 0 Å². The highest BCUT2D eigenvalue weighted by atomic mass is 35.5. The minimum absolute atomic E-state index is 0.595. The predicted molar refractivity (Wildman–Crippen MR) is 153 cm³/mol. The van der Waals surface area contributed by atoms with Gasteiger partial charge in [-0.25, -0.2) is 9.97 Å². The van der Waals surface area contributed by atoms with Gasteiger partial charge in [0.2, 0.25) is 0 Å². The Balaban J connectivity index is 1.87. The number of imidazole rings is 1. The van der Waals surface area contributed by atoms with E-state index in [1.807, 2.05) is 66.2 Å². The van der Waals surface area contributed by atoms with Crippen molar-refractivity contribution in [2.24, 2.45) is 7.05 Å². The van der Waals surface area contributed by atoms with E-state index >= 15 is 0 Å². The summed E-state index contributed by atoms with van der Waals surface area (Å²) in [5.41, 5.74) is 3.06. The van der Waals surface area contributed by atoms with E-state index in [0.29, 0.717) is 26.9 Å². The fourth-order valence-corrected chi connectivity index (χ4v) is 5.33. The quantitative estimate of drug-likeness (QED) is 0.244. The summed E-state index contributed by atoms with van der Waals surface area (Å²) in [6.45, 7) is 5.97. The van der Waals surface area contributed by atoms with E-state index < -0.39 is 5.60 Å². The molecule has 2 aromatic heterocycles. The summed E-state index contributed by atoms with van der Waals surface area (Å²) in [5, 5.41) is 14.8. The lowest BCUT2D eigenvalue weighted by molar-refractivity contribution is 0.118. The van der Waals surface area contributed by atoms with Gasteiger partial charge in [0.05, 0.1) is 23.7 Å². The van der Waals surface area contributed by atoms with E-state index in [2.05, 4.69) is 29.8 Å². The summed E-state index contributed by atoms with van der Waals surface area (Å²) >= 11 is 12.7. The normalized spacial score (nSPS) is 13.0. The Morgan fingerprint density at radius 3 is 2.32 bits per heavy atom. The summed E-state index contributed by atoms with van der Waals surface area (Å²) in [7, 11) is 1.88. The molecule has 1 unspecified atom stereocenters. The first-order chi connectivity index (χ1) is 17.9. The molecule has 0 fully saturated rings. The lowest BCUT2D eigenvalue weighted by Gasteiger charge is -2.32. The molecule has 0 bridgehead atoms. The topological polar surface area (TPSA) is 54.2 Å². The zero-order valence-corrected chi connectivity index (χ0v) is 22.5. The van der Waals surface area contributed by atoms with Gasteiger partial charge in [0.25, 0.3) is 0 Å². The van der Waals surface area contributed by atoms with Gasteiger partial charge in [0.1, 0.15) is 5.82 Å². The molecule has 0 saturated heterocycles. The monoisotopic (exact) mass is 530 g/mol. The first-order valence-electron chi connectivity index (χ1n) is 12.3. The third kappa shape index (κ3) is 4.48. The number of rotatable bonds is 7. The zero-order valence-electron chi connectivity index (χ0n) is 21.0. The van der Waals surface area contributed by atoms with E-state index in [-0.39, 0.29) is 0 Å². The molecule has 0 aliphatic carbocycles. The van der Waals surface area contributed by atoms with E-state index in [0.717, 1.165) is 40.9 Å². The molecule has 0 aliphatic heterocycles. The second kappa shape index (κ2) is 10.2. The minimum Gasteiger partial charge on any atom is -0.374 e. The van der Waals surface area contributed by atoms with Crippen molar-refractivity contribution < 1.29 is 5.11 Å². The van der Waals surface area contributed by atoms with Gasteiger partial charge < -0.3 is 14.6 Å². The molecule has 0 spiro atoms. The van der Waals surface area contributed by atoms with Gasteiger partial charge in [-0.2, -0.15) is 0 Å². The molecule has 5 rings (SSSR count). The number of fused-ring (bicyclic) bond motifs is 1. The van der Waals surface area contributed by atoms with Crippen molar-refractivity contribution in [3.63, 3.8) is 0 Å². The van der Waals surface area contributed by atoms with Crippen LogP contribution in [0, 0.1) is 0 Å². The van der Waals surface area contributed by atoms with E-state index in [1.165, 1.54) is 0 Å². The van der Waals surface area contributed by atoms with Crippen LogP contribution in [0.4, 0.5) is 5.82 Å². The SMILES string of the molecule is CCN(CC)c1ccc2c(-c3cccc(Cl)c3)c(C(O)(c3ccc(Cl)cc3)c3cncn3C)ccc2n1. The van der Waals surface area contributed by atoms with Crippen molar-refractivity contribution in [3.05, 3.63) is 112 Å². The number of hydrogen-bond acceptors (Lipinski definition) is 4. The number of hydrogen-bond donors (Lipinski definition) is 1. The Morgan fingerprint density at radius 1 is 0.919 bits per heavy atom. The maximum absolute atomic E-state index is 12.7. The molecule has 188 valence electrons. The maximum Gasteiger partial charge on any atom is 0.157 e. The average Bonchev–Trinajstić information content (AvgIpc) is 3.35. The van der Waals surface area contributed by atoms with E-state index in [1.54, 1.807) is 24.7 Å². The van der Waals surface area contributed by atoms with Crippen molar-refractivity contribution >= 4 is 39.9 Å². The van der Waals surface area contributed by atoms with Crippen LogP contribution < -0.4 is 4.90 Å². The van der Waals surface area contributed by atoms with Crippen molar-refractivity contribution in [1.82, 2.24) is 14.5 Å². The van der Waals surface area contributed by atoms with Gasteiger partial charge >= 0.3 is 0 Å². The molecule has 2 heterocycles. The summed E-state index contributed by atoms with van der Waals surface area (Å²) < 4.78 is 1.84. The van der Waals surface area contributed by atoms with Crippen LogP contribution in [0.2, 0.25) is 10.0 Å². The highest BCUT2D eigenvalue weighted by molar-refractivity contribution is 6.31.